The number of quaternary nitrogens is 1. The zero-order chi connectivity index (χ0) is 9.07. The number of nitrogens with zero attached hydrogens (tertiary/aromatic N) is 1. The monoisotopic (exact) mass is 289 g/mol. The topological polar surface area (TPSA) is 40.5 Å². The summed E-state index contributed by atoms with van der Waals surface area (Å²) >= 11 is 0. The van der Waals surface area contributed by atoms with Gasteiger partial charge >= 0.3 is 0 Å². The summed E-state index contributed by atoms with van der Waals surface area (Å²) in [4.78, 5) is 0. The van der Waals surface area contributed by atoms with E-state index in [0.717, 1.165) is 0 Å². The Kier molecular flexibility index (Phi) is 7.70. The Morgan fingerprint density at radius 3 is 1.42 bits per heavy atom. The second kappa shape index (κ2) is 6.12. The van der Waals surface area contributed by atoms with Crippen LogP contribution in [0.15, 0.2) is 0 Å². The molecule has 0 heterocycles. The predicted octanol–water partition coefficient (Wildman–Crippen LogP) is -3.17. The lowest BCUT2D eigenvalue weighted by molar-refractivity contribution is -0.895. The van der Waals surface area contributed by atoms with E-state index in [0.29, 0.717) is 17.6 Å². The van der Waals surface area contributed by atoms with Crippen molar-refractivity contribution in [3.63, 3.8) is 0 Å². The minimum atomic E-state index is -0.302. The summed E-state index contributed by atoms with van der Waals surface area (Å²) in [6.07, 6.45) is -0.604. The van der Waals surface area contributed by atoms with Gasteiger partial charge in [0, 0.05) is 0 Å². The lowest BCUT2D eigenvalue weighted by atomic mass is 10.3. The summed E-state index contributed by atoms with van der Waals surface area (Å²) in [5.41, 5.74) is 0. The van der Waals surface area contributed by atoms with Gasteiger partial charge in [-0.2, -0.15) is 0 Å². The molecule has 0 aromatic heterocycles. The van der Waals surface area contributed by atoms with Gasteiger partial charge in [-0.1, -0.05) is 0 Å². The molecule has 0 aromatic carbocycles. The summed E-state index contributed by atoms with van der Waals surface area (Å²) in [6.45, 7) is 4.90. The van der Waals surface area contributed by atoms with Crippen LogP contribution in [0, 0.1) is 0 Å². The maximum absolute atomic E-state index is 9.10. The van der Waals surface area contributed by atoms with Crippen LogP contribution in [0.2, 0.25) is 0 Å². The number of aliphatic hydroxyl groups excluding tert-OH is 2. The summed E-state index contributed by atoms with van der Waals surface area (Å²) in [5, 5.41) is 18.2. The smallest absolute Gasteiger partial charge is 0.104 e. The summed E-state index contributed by atoms with van der Waals surface area (Å²) in [7, 11) is 4.00. The molecule has 2 atom stereocenters. The molecule has 2 unspecified atom stereocenters. The first-order chi connectivity index (χ1) is 4.83. The molecule has 76 valence electrons. The average Bonchev–Trinajstić information content (AvgIpc) is 1.53. The van der Waals surface area contributed by atoms with Gasteiger partial charge < -0.3 is 38.7 Å². The Morgan fingerprint density at radius 1 is 1.00 bits per heavy atom. The van der Waals surface area contributed by atoms with Crippen LogP contribution in [0.25, 0.3) is 0 Å². The van der Waals surface area contributed by atoms with E-state index in [9.17, 15) is 0 Å². The Morgan fingerprint density at radius 2 is 1.25 bits per heavy atom. The van der Waals surface area contributed by atoms with Crippen molar-refractivity contribution >= 4 is 0 Å². The third-order valence-corrected chi connectivity index (χ3v) is 1.52. The number of aliphatic hydroxyl groups is 2. The van der Waals surface area contributed by atoms with Crippen LogP contribution in [-0.2, 0) is 0 Å². The van der Waals surface area contributed by atoms with Gasteiger partial charge in [0.05, 0.1) is 14.1 Å². The van der Waals surface area contributed by atoms with Crippen LogP contribution in [0.5, 0.6) is 0 Å². The predicted molar refractivity (Wildman–Crippen MR) is 45.2 cm³/mol. The lowest BCUT2D eigenvalue weighted by Gasteiger charge is -2.31. The quantitative estimate of drug-likeness (QED) is 0.423. The van der Waals surface area contributed by atoms with E-state index < -0.39 is 0 Å². The lowest BCUT2D eigenvalue weighted by Crippen LogP contribution is -3.00. The van der Waals surface area contributed by atoms with Crippen molar-refractivity contribution in [1.82, 2.24) is 0 Å². The molecule has 0 fully saturated rings. The van der Waals surface area contributed by atoms with Gasteiger partial charge in [0.1, 0.15) is 25.3 Å². The van der Waals surface area contributed by atoms with Crippen LogP contribution in [0.4, 0.5) is 0 Å². The number of hydrogen-bond donors (Lipinski definition) is 2. The molecule has 0 aliphatic heterocycles. The van der Waals surface area contributed by atoms with Crippen LogP contribution in [0.3, 0.4) is 0 Å². The van der Waals surface area contributed by atoms with E-state index in [2.05, 4.69) is 0 Å². The molecular formula is C8H20INO2. The van der Waals surface area contributed by atoms with Gasteiger partial charge in [-0.05, 0) is 13.8 Å². The zero-order valence-electron chi connectivity index (χ0n) is 8.29. The number of hydrogen-bond acceptors (Lipinski definition) is 2. The van der Waals surface area contributed by atoms with Gasteiger partial charge in [0.2, 0.25) is 0 Å². The van der Waals surface area contributed by atoms with Gasteiger partial charge in [0.15, 0.2) is 0 Å². The first kappa shape index (κ1) is 15.1. The Hall–Kier alpha value is 0.610. The van der Waals surface area contributed by atoms with Crippen molar-refractivity contribution < 1.29 is 38.7 Å². The largest absolute Gasteiger partial charge is 1.00 e. The molecule has 0 spiro atoms. The molecule has 0 bridgehead atoms. The molecule has 0 radical (unpaired) electrons. The average molecular weight is 289 g/mol. The maximum Gasteiger partial charge on any atom is 0.104 e. The first-order valence-electron chi connectivity index (χ1n) is 4.01. The van der Waals surface area contributed by atoms with Crippen LogP contribution < -0.4 is 24.0 Å². The van der Waals surface area contributed by atoms with E-state index >= 15 is 0 Å². The van der Waals surface area contributed by atoms with Crippen molar-refractivity contribution in [2.75, 3.05) is 27.2 Å². The fourth-order valence-corrected chi connectivity index (χ4v) is 1.51. The first-order valence-corrected chi connectivity index (χ1v) is 4.01. The Balaban J connectivity index is 0. The number of rotatable bonds is 4. The van der Waals surface area contributed by atoms with Gasteiger partial charge in [-0.15, -0.1) is 0 Å². The molecular weight excluding hydrogens is 269 g/mol. The van der Waals surface area contributed by atoms with Crippen LogP contribution in [0.1, 0.15) is 13.8 Å². The zero-order valence-corrected chi connectivity index (χ0v) is 10.4. The maximum atomic E-state index is 9.10. The number of halogens is 1. The van der Waals surface area contributed by atoms with Gasteiger partial charge in [0.25, 0.3) is 0 Å². The van der Waals surface area contributed by atoms with Gasteiger partial charge in [-0.25, -0.2) is 0 Å². The molecule has 0 saturated carbocycles. The third-order valence-electron chi connectivity index (χ3n) is 1.52. The second-order valence-corrected chi connectivity index (χ2v) is 4.00. The molecule has 0 aliphatic rings. The van der Waals surface area contributed by atoms with Crippen molar-refractivity contribution in [3.8, 4) is 0 Å². The van der Waals surface area contributed by atoms with Crippen molar-refractivity contribution in [2.45, 2.75) is 26.1 Å². The highest BCUT2D eigenvalue weighted by Crippen LogP contribution is 2.01. The van der Waals surface area contributed by atoms with E-state index in [4.69, 9.17) is 10.2 Å². The Bertz CT molecular complexity index is 104. The summed E-state index contributed by atoms with van der Waals surface area (Å²) in [5.74, 6) is 0. The van der Waals surface area contributed by atoms with E-state index in [1.165, 1.54) is 0 Å². The van der Waals surface area contributed by atoms with Gasteiger partial charge in [-0.3, -0.25) is 0 Å². The summed E-state index contributed by atoms with van der Waals surface area (Å²) in [6, 6.07) is 0. The molecule has 4 heteroatoms. The SMILES string of the molecule is CC(O)C[N+](C)(C)CC(C)O.[I-]. The molecule has 2 N–H and O–H groups in total. The molecule has 0 aromatic rings. The van der Waals surface area contributed by atoms with Crippen molar-refractivity contribution in [3.05, 3.63) is 0 Å². The normalized spacial score (nSPS) is 16.5. The van der Waals surface area contributed by atoms with Crippen LogP contribution >= 0.6 is 0 Å². The minimum Gasteiger partial charge on any atom is -1.00 e. The fraction of sp³-hybridized carbons (Fsp3) is 1.00. The standard InChI is InChI=1S/C8H20NO2.HI/c1-7(10)5-9(3,4)6-8(2)11;/h7-8,10-11H,5-6H2,1-4H3;1H/q+1;/p-1. The van der Waals surface area contributed by atoms with E-state index in [1.807, 2.05) is 14.1 Å². The fourth-order valence-electron chi connectivity index (χ4n) is 1.51. The molecule has 0 aliphatic carbocycles. The summed E-state index contributed by atoms with van der Waals surface area (Å²) < 4.78 is 0.662. The molecule has 12 heavy (non-hydrogen) atoms. The second-order valence-electron chi connectivity index (χ2n) is 4.00. The number of likely N-dealkylation sites (N-methyl/N-ethyl adjacent to an activating group) is 1. The highest BCUT2D eigenvalue weighted by molar-refractivity contribution is 4.47. The minimum absolute atomic E-state index is 0. The highest BCUT2D eigenvalue weighted by atomic mass is 127. The molecule has 0 rings (SSSR count). The van der Waals surface area contributed by atoms with Crippen LogP contribution in [-0.4, -0.2) is 54.1 Å². The van der Waals surface area contributed by atoms with E-state index in [1.54, 1.807) is 13.8 Å². The molecule has 0 saturated heterocycles. The highest BCUT2D eigenvalue weighted by Gasteiger charge is 2.19. The van der Waals surface area contributed by atoms with E-state index in [-0.39, 0.29) is 36.2 Å². The third kappa shape index (κ3) is 8.70. The molecule has 0 amide bonds. The Labute approximate surface area is 92.0 Å². The molecule has 3 nitrogen and oxygen atoms in total. The van der Waals surface area contributed by atoms with Crippen molar-refractivity contribution in [2.24, 2.45) is 0 Å². The van der Waals surface area contributed by atoms with Crippen molar-refractivity contribution in [1.29, 1.82) is 0 Å².